The maximum atomic E-state index is 12.8. The molecule has 2 aromatic rings. The highest BCUT2D eigenvalue weighted by Gasteiger charge is 2.19. The number of thiazole rings is 1. The van der Waals surface area contributed by atoms with Gasteiger partial charge in [0.1, 0.15) is 10.8 Å². The molecule has 1 heterocycles. The maximum Gasteiger partial charge on any atom is 0.357 e. The van der Waals surface area contributed by atoms with Crippen LogP contribution in [0.15, 0.2) is 29.6 Å². The second-order valence-corrected chi connectivity index (χ2v) is 6.69. The van der Waals surface area contributed by atoms with Crippen molar-refractivity contribution in [2.24, 2.45) is 0 Å². The third-order valence-electron chi connectivity index (χ3n) is 3.77. The minimum absolute atomic E-state index is 0.254. The summed E-state index contributed by atoms with van der Waals surface area (Å²) in [4.78, 5) is 30.5. The largest absolute Gasteiger partial charge is 0.495 e. The number of hydrogen-bond acceptors (Lipinski definition) is 7. The van der Waals surface area contributed by atoms with E-state index in [1.54, 1.807) is 43.6 Å². The van der Waals surface area contributed by atoms with Crippen molar-refractivity contribution >= 4 is 29.0 Å². The number of carbonyl (C=O) groups is 2. The van der Waals surface area contributed by atoms with Gasteiger partial charge in [-0.25, -0.2) is 14.6 Å². The lowest BCUT2D eigenvalue weighted by Crippen LogP contribution is -2.35. The summed E-state index contributed by atoms with van der Waals surface area (Å²) in [5, 5.41) is 5.15. The third-order valence-corrected chi connectivity index (χ3v) is 4.61. The average molecular weight is 407 g/mol. The van der Waals surface area contributed by atoms with Gasteiger partial charge in [0.05, 0.1) is 25.9 Å². The van der Waals surface area contributed by atoms with Crippen LogP contribution in [-0.4, -0.2) is 55.9 Å². The monoisotopic (exact) mass is 407 g/mol. The lowest BCUT2D eigenvalue weighted by molar-refractivity contribution is 0.0520. The second-order valence-electron chi connectivity index (χ2n) is 5.75. The molecule has 0 aliphatic heterocycles. The standard InChI is InChI=1S/C19H25N3O5S/c1-4-27-18(23)15-13-28-17(20-15)12-22(10-7-11-25-2)19(24)21-14-8-5-6-9-16(14)26-3/h5-6,8-9,13H,4,7,10-12H2,1-3H3,(H,21,24). The zero-order chi connectivity index (χ0) is 20.4. The summed E-state index contributed by atoms with van der Waals surface area (Å²) in [5.74, 6) is 0.112. The van der Waals surface area contributed by atoms with E-state index in [-0.39, 0.29) is 24.9 Å². The van der Waals surface area contributed by atoms with Gasteiger partial charge in [0.15, 0.2) is 5.69 Å². The number of nitrogens with one attached hydrogen (secondary N) is 1. The van der Waals surface area contributed by atoms with E-state index in [1.165, 1.54) is 11.3 Å². The number of anilines is 1. The SMILES string of the molecule is CCOC(=O)c1csc(CN(CCCOC)C(=O)Nc2ccccc2OC)n1. The van der Waals surface area contributed by atoms with Gasteiger partial charge in [-0.1, -0.05) is 12.1 Å². The van der Waals surface area contributed by atoms with Gasteiger partial charge in [-0.2, -0.15) is 0 Å². The Morgan fingerprint density at radius 2 is 2.04 bits per heavy atom. The number of rotatable bonds is 10. The summed E-state index contributed by atoms with van der Waals surface area (Å²) in [6.07, 6.45) is 0.673. The van der Waals surface area contributed by atoms with Crippen LogP contribution in [0.1, 0.15) is 28.8 Å². The van der Waals surface area contributed by atoms with Crippen molar-refractivity contribution in [2.45, 2.75) is 19.9 Å². The van der Waals surface area contributed by atoms with Crippen molar-refractivity contribution in [1.29, 1.82) is 0 Å². The molecule has 8 nitrogen and oxygen atoms in total. The smallest absolute Gasteiger partial charge is 0.357 e. The lowest BCUT2D eigenvalue weighted by Gasteiger charge is -2.22. The molecule has 0 fully saturated rings. The molecule has 1 aromatic carbocycles. The topological polar surface area (TPSA) is 90.0 Å². The summed E-state index contributed by atoms with van der Waals surface area (Å²) in [6.45, 7) is 3.31. The van der Waals surface area contributed by atoms with E-state index in [1.807, 2.05) is 12.1 Å². The first-order chi connectivity index (χ1) is 13.6. The van der Waals surface area contributed by atoms with Crippen LogP contribution >= 0.6 is 11.3 Å². The molecule has 2 amide bonds. The van der Waals surface area contributed by atoms with E-state index in [4.69, 9.17) is 14.2 Å². The van der Waals surface area contributed by atoms with E-state index in [0.29, 0.717) is 36.0 Å². The third kappa shape index (κ3) is 6.21. The van der Waals surface area contributed by atoms with E-state index < -0.39 is 5.97 Å². The Labute approximate surface area is 168 Å². The first kappa shape index (κ1) is 21.6. The van der Waals surface area contributed by atoms with Crippen LogP contribution in [0.5, 0.6) is 5.75 Å². The van der Waals surface area contributed by atoms with Gasteiger partial charge >= 0.3 is 12.0 Å². The fourth-order valence-electron chi connectivity index (χ4n) is 2.44. The first-order valence-electron chi connectivity index (χ1n) is 8.88. The quantitative estimate of drug-likeness (QED) is 0.480. The highest BCUT2D eigenvalue weighted by molar-refractivity contribution is 7.09. The minimum Gasteiger partial charge on any atom is -0.495 e. The van der Waals surface area contributed by atoms with E-state index >= 15 is 0 Å². The molecule has 2 rings (SSSR count). The highest BCUT2D eigenvalue weighted by atomic mass is 32.1. The van der Waals surface area contributed by atoms with Crippen LogP contribution in [0.4, 0.5) is 10.5 Å². The fourth-order valence-corrected chi connectivity index (χ4v) is 3.22. The van der Waals surface area contributed by atoms with Crippen LogP contribution < -0.4 is 10.1 Å². The molecule has 0 aliphatic carbocycles. The number of esters is 1. The van der Waals surface area contributed by atoms with Crippen LogP contribution in [0.2, 0.25) is 0 Å². The van der Waals surface area contributed by atoms with Gasteiger partial charge in [0.2, 0.25) is 0 Å². The summed E-state index contributed by atoms with van der Waals surface area (Å²) in [6, 6.07) is 6.91. The Kier molecular flexibility index (Phi) is 8.70. The number of amides is 2. The zero-order valence-electron chi connectivity index (χ0n) is 16.3. The number of ether oxygens (including phenoxy) is 3. The number of para-hydroxylation sites is 2. The predicted octanol–water partition coefficient (Wildman–Crippen LogP) is 3.40. The highest BCUT2D eigenvalue weighted by Crippen LogP contribution is 2.24. The average Bonchev–Trinajstić information content (AvgIpc) is 3.16. The molecule has 152 valence electrons. The molecular formula is C19H25N3O5S. The molecule has 0 spiro atoms. The van der Waals surface area contributed by atoms with Crippen molar-refractivity contribution < 1.29 is 23.8 Å². The van der Waals surface area contributed by atoms with Gasteiger partial charge < -0.3 is 24.4 Å². The summed E-state index contributed by atoms with van der Waals surface area (Å²) < 4.78 is 15.3. The summed E-state index contributed by atoms with van der Waals surface area (Å²) >= 11 is 1.31. The number of carbonyl (C=O) groups excluding carboxylic acids is 2. The van der Waals surface area contributed by atoms with Crippen molar-refractivity contribution in [3.8, 4) is 5.75 Å². The second kappa shape index (κ2) is 11.3. The minimum atomic E-state index is -0.464. The molecule has 0 aliphatic rings. The molecule has 28 heavy (non-hydrogen) atoms. The number of hydrogen-bond donors (Lipinski definition) is 1. The Morgan fingerprint density at radius 1 is 1.25 bits per heavy atom. The number of nitrogens with zero attached hydrogens (tertiary/aromatic N) is 2. The van der Waals surface area contributed by atoms with Gasteiger partial charge in [-0.3, -0.25) is 0 Å². The van der Waals surface area contributed by atoms with Gasteiger partial charge in [0.25, 0.3) is 0 Å². The molecule has 1 N–H and O–H groups in total. The van der Waals surface area contributed by atoms with Crippen molar-refractivity contribution in [3.63, 3.8) is 0 Å². The van der Waals surface area contributed by atoms with Crippen LogP contribution in [0, 0.1) is 0 Å². The van der Waals surface area contributed by atoms with E-state index in [0.717, 1.165) is 0 Å². The van der Waals surface area contributed by atoms with Gasteiger partial charge in [-0.05, 0) is 25.5 Å². The zero-order valence-corrected chi connectivity index (χ0v) is 17.1. The molecule has 1 aromatic heterocycles. The Morgan fingerprint density at radius 3 is 2.75 bits per heavy atom. The lowest BCUT2D eigenvalue weighted by atomic mass is 10.3. The van der Waals surface area contributed by atoms with Crippen molar-refractivity contribution in [3.05, 3.63) is 40.3 Å². The number of benzene rings is 1. The molecule has 0 saturated carbocycles. The fraction of sp³-hybridized carbons (Fsp3) is 0.421. The number of urea groups is 1. The van der Waals surface area contributed by atoms with E-state index in [2.05, 4.69) is 10.3 Å². The Hall–Kier alpha value is -2.65. The normalized spacial score (nSPS) is 10.4. The molecule has 0 atom stereocenters. The molecule has 0 saturated heterocycles. The molecule has 0 unspecified atom stereocenters. The Bertz CT molecular complexity index is 780. The molecule has 9 heteroatoms. The summed E-state index contributed by atoms with van der Waals surface area (Å²) in [5.41, 5.74) is 0.835. The van der Waals surface area contributed by atoms with Crippen LogP contribution in [0.3, 0.4) is 0 Å². The summed E-state index contributed by atoms with van der Waals surface area (Å²) in [7, 11) is 3.17. The first-order valence-corrected chi connectivity index (χ1v) is 9.76. The van der Waals surface area contributed by atoms with Crippen molar-refractivity contribution in [2.75, 3.05) is 39.3 Å². The van der Waals surface area contributed by atoms with Crippen LogP contribution in [-0.2, 0) is 16.0 Å². The van der Waals surface area contributed by atoms with Gasteiger partial charge in [0, 0.05) is 25.6 Å². The van der Waals surface area contributed by atoms with E-state index in [9.17, 15) is 9.59 Å². The van der Waals surface area contributed by atoms with Crippen LogP contribution in [0.25, 0.3) is 0 Å². The van der Waals surface area contributed by atoms with Crippen molar-refractivity contribution in [1.82, 2.24) is 9.88 Å². The molecule has 0 bridgehead atoms. The molecule has 0 radical (unpaired) electrons. The Balaban J connectivity index is 2.10. The maximum absolute atomic E-state index is 12.8. The predicted molar refractivity (Wildman–Crippen MR) is 107 cm³/mol. The molecular weight excluding hydrogens is 382 g/mol. The number of methoxy groups -OCH3 is 2. The van der Waals surface area contributed by atoms with Gasteiger partial charge in [-0.15, -0.1) is 11.3 Å². The number of aromatic nitrogens is 1.